The lowest BCUT2D eigenvalue weighted by molar-refractivity contribution is -0.114. The molecule has 3 aromatic carbocycles. The molecule has 0 radical (unpaired) electrons. The van der Waals surface area contributed by atoms with Crippen LogP contribution < -0.4 is 9.62 Å². The lowest BCUT2D eigenvalue weighted by atomic mass is 10.3. The fourth-order valence-corrected chi connectivity index (χ4v) is 4.65. The summed E-state index contributed by atoms with van der Waals surface area (Å²) in [5.74, 6) is -0.417. The van der Waals surface area contributed by atoms with Crippen molar-refractivity contribution in [3.05, 3.63) is 83.3 Å². The Morgan fingerprint density at radius 1 is 0.966 bits per heavy atom. The van der Waals surface area contributed by atoms with Crippen LogP contribution in [0, 0.1) is 0 Å². The number of anilines is 2. The van der Waals surface area contributed by atoms with Crippen LogP contribution in [0.3, 0.4) is 0 Å². The zero-order valence-corrected chi connectivity index (χ0v) is 18.8. The van der Waals surface area contributed by atoms with E-state index in [0.29, 0.717) is 11.4 Å². The number of rotatable bonds is 7. The Morgan fingerprint density at radius 3 is 2.24 bits per heavy atom. The Balaban J connectivity index is 1.78. The van der Waals surface area contributed by atoms with Crippen LogP contribution in [0.4, 0.5) is 11.4 Å². The molecule has 1 N–H and O–H groups in total. The van der Waals surface area contributed by atoms with Crippen molar-refractivity contribution in [1.82, 2.24) is 0 Å². The zero-order chi connectivity index (χ0) is 20.9. The molecule has 0 saturated heterocycles. The standard InChI is InChI=1S/C21H19BrN2O3S2/c1-29(26,27)24(17-13-11-16(22)12-14-17)15-21(25)23-19-9-5-6-10-20(19)28-18-7-3-2-4-8-18/h2-14H,15H2,1H3,(H,23,25). The maximum atomic E-state index is 12.7. The van der Waals surface area contributed by atoms with Crippen LogP contribution in [0.15, 0.2) is 93.1 Å². The van der Waals surface area contributed by atoms with E-state index in [1.807, 2.05) is 48.5 Å². The third-order valence-electron chi connectivity index (χ3n) is 3.93. The van der Waals surface area contributed by atoms with Gasteiger partial charge in [-0.15, -0.1) is 0 Å². The quantitative estimate of drug-likeness (QED) is 0.505. The molecule has 0 aliphatic rings. The fraction of sp³-hybridized carbons (Fsp3) is 0.0952. The molecule has 3 aromatic rings. The number of hydrogen-bond acceptors (Lipinski definition) is 4. The number of carbonyl (C=O) groups excluding carboxylic acids is 1. The summed E-state index contributed by atoms with van der Waals surface area (Å²) >= 11 is 4.85. The van der Waals surface area contributed by atoms with Crippen LogP contribution in [-0.4, -0.2) is 27.1 Å². The molecule has 29 heavy (non-hydrogen) atoms. The van der Waals surface area contributed by atoms with Gasteiger partial charge in [-0.3, -0.25) is 9.10 Å². The number of halogens is 1. The highest BCUT2D eigenvalue weighted by atomic mass is 79.9. The molecule has 0 atom stereocenters. The van der Waals surface area contributed by atoms with Gasteiger partial charge in [-0.25, -0.2) is 8.42 Å². The molecule has 0 saturated carbocycles. The maximum absolute atomic E-state index is 12.7. The first-order chi connectivity index (χ1) is 13.8. The maximum Gasteiger partial charge on any atom is 0.245 e. The van der Waals surface area contributed by atoms with E-state index in [9.17, 15) is 13.2 Å². The number of amides is 1. The van der Waals surface area contributed by atoms with Gasteiger partial charge in [0, 0.05) is 14.3 Å². The van der Waals surface area contributed by atoms with Crippen molar-refractivity contribution in [3.8, 4) is 0 Å². The first-order valence-electron chi connectivity index (χ1n) is 8.68. The van der Waals surface area contributed by atoms with Crippen LogP contribution in [0.5, 0.6) is 0 Å². The fourth-order valence-electron chi connectivity index (χ4n) is 2.60. The second kappa shape index (κ2) is 9.47. The van der Waals surface area contributed by atoms with Crippen molar-refractivity contribution in [3.63, 3.8) is 0 Å². The minimum atomic E-state index is -3.62. The molecule has 0 spiro atoms. The van der Waals surface area contributed by atoms with Crippen LogP contribution in [-0.2, 0) is 14.8 Å². The molecule has 5 nitrogen and oxygen atoms in total. The predicted octanol–water partition coefficient (Wildman–Crippen LogP) is 5.01. The van der Waals surface area contributed by atoms with Gasteiger partial charge >= 0.3 is 0 Å². The van der Waals surface area contributed by atoms with Gasteiger partial charge in [-0.1, -0.05) is 58.0 Å². The molecule has 0 unspecified atom stereocenters. The van der Waals surface area contributed by atoms with Crippen LogP contribution >= 0.6 is 27.7 Å². The van der Waals surface area contributed by atoms with Crippen molar-refractivity contribution < 1.29 is 13.2 Å². The normalized spacial score (nSPS) is 11.1. The van der Waals surface area contributed by atoms with Gasteiger partial charge in [0.25, 0.3) is 0 Å². The van der Waals surface area contributed by atoms with Crippen molar-refractivity contribution in [1.29, 1.82) is 0 Å². The number of hydrogen-bond donors (Lipinski definition) is 1. The highest BCUT2D eigenvalue weighted by Gasteiger charge is 2.21. The van der Waals surface area contributed by atoms with E-state index in [0.717, 1.165) is 24.8 Å². The average Bonchev–Trinajstić information content (AvgIpc) is 2.68. The van der Waals surface area contributed by atoms with Crippen molar-refractivity contribution in [2.24, 2.45) is 0 Å². The van der Waals surface area contributed by atoms with E-state index < -0.39 is 15.9 Å². The number of sulfonamides is 1. The van der Waals surface area contributed by atoms with Gasteiger partial charge in [0.05, 0.1) is 17.6 Å². The Hall–Kier alpha value is -2.29. The number of carbonyl (C=O) groups is 1. The minimum absolute atomic E-state index is 0.315. The Labute approximate surface area is 183 Å². The Bertz CT molecular complexity index is 1090. The topological polar surface area (TPSA) is 66.5 Å². The van der Waals surface area contributed by atoms with E-state index in [4.69, 9.17) is 0 Å². The van der Waals surface area contributed by atoms with E-state index in [1.54, 1.807) is 30.3 Å². The first kappa shape index (κ1) is 21.4. The molecule has 0 aliphatic heterocycles. The molecule has 0 aromatic heterocycles. The summed E-state index contributed by atoms with van der Waals surface area (Å²) in [4.78, 5) is 14.6. The first-order valence-corrected chi connectivity index (χ1v) is 12.1. The molecule has 0 heterocycles. The number of nitrogens with zero attached hydrogens (tertiary/aromatic N) is 1. The second-order valence-electron chi connectivity index (χ2n) is 6.21. The predicted molar refractivity (Wildman–Crippen MR) is 122 cm³/mol. The van der Waals surface area contributed by atoms with Gasteiger partial charge in [-0.2, -0.15) is 0 Å². The molecule has 0 aliphatic carbocycles. The zero-order valence-electron chi connectivity index (χ0n) is 15.6. The average molecular weight is 491 g/mol. The van der Waals surface area contributed by atoms with E-state index in [2.05, 4.69) is 21.2 Å². The highest BCUT2D eigenvalue weighted by molar-refractivity contribution is 9.10. The molecule has 150 valence electrons. The summed E-state index contributed by atoms with van der Waals surface area (Å²) in [6.45, 7) is -0.315. The summed E-state index contributed by atoms with van der Waals surface area (Å²) in [6.07, 6.45) is 1.08. The van der Waals surface area contributed by atoms with Gasteiger partial charge in [0.1, 0.15) is 6.54 Å². The smallest absolute Gasteiger partial charge is 0.245 e. The lowest BCUT2D eigenvalue weighted by Crippen LogP contribution is -2.37. The Morgan fingerprint density at radius 2 is 1.59 bits per heavy atom. The minimum Gasteiger partial charge on any atom is -0.323 e. The molecular formula is C21H19BrN2O3S2. The highest BCUT2D eigenvalue weighted by Crippen LogP contribution is 2.33. The summed E-state index contributed by atoms with van der Waals surface area (Å²) < 4.78 is 26.4. The monoisotopic (exact) mass is 490 g/mol. The molecule has 8 heteroatoms. The molecule has 0 bridgehead atoms. The van der Waals surface area contributed by atoms with Crippen LogP contribution in [0.25, 0.3) is 0 Å². The van der Waals surface area contributed by atoms with Crippen molar-refractivity contribution in [2.75, 3.05) is 22.4 Å². The van der Waals surface area contributed by atoms with Crippen molar-refractivity contribution >= 4 is 55.0 Å². The summed E-state index contributed by atoms with van der Waals surface area (Å²) in [6, 6.07) is 24.0. The number of para-hydroxylation sites is 1. The van der Waals surface area contributed by atoms with Gasteiger partial charge in [0.15, 0.2) is 0 Å². The molecular weight excluding hydrogens is 472 g/mol. The molecule has 0 fully saturated rings. The second-order valence-corrected chi connectivity index (χ2v) is 10.1. The lowest BCUT2D eigenvalue weighted by Gasteiger charge is -2.22. The SMILES string of the molecule is CS(=O)(=O)N(CC(=O)Nc1ccccc1Sc1ccccc1)c1ccc(Br)cc1. The molecule has 3 rings (SSSR count). The third kappa shape index (κ3) is 6.09. The van der Waals surface area contributed by atoms with E-state index in [1.165, 1.54) is 11.8 Å². The number of nitrogens with one attached hydrogen (secondary N) is 1. The van der Waals surface area contributed by atoms with Crippen molar-refractivity contribution in [2.45, 2.75) is 9.79 Å². The van der Waals surface area contributed by atoms with Crippen LogP contribution in [0.2, 0.25) is 0 Å². The summed E-state index contributed by atoms with van der Waals surface area (Å²) in [7, 11) is -3.62. The van der Waals surface area contributed by atoms with Gasteiger partial charge in [-0.05, 0) is 48.5 Å². The summed E-state index contributed by atoms with van der Waals surface area (Å²) in [5.41, 5.74) is 1.06. The van der Waals surface area contributed by atoms with Gasteiger partial charge < -0.3 is 5.32 Å². The van der Waals surface area contributed by atoms with E-state index in [-0.39, 0.29) is 6.54 Å². The third-order valence-corrected chi connectivity index (χ3v) is 6.69. The van der Waals surface area contributed by atoms with E-state index >= 15 is 0 Å². The van der Waals surface area contributed by atoms with Gasteiger partial charge in [0.2, 0.25) is 15.9 Å². The van der Waals surface area contributed by atoms with Crippen LogP contribution in [0.1, 0.15) is 0 Å². The number of benzene rings is 3. The largest absolute Gasteiger partial charge is 0.323 e. The Kier molecular flexibility index (Phi) is 7.00. The summed E-state index contributed by atoms with van der Waals surface area (Å²) in [5, 5.41) is 2.84. The molecule has 1 amide bonds.